The molecule has 9 heteroatoms. The molecule has 0 saturated carbocycles. The Kier molecular flexibility index (Phi) is 6.93. The van der Waals surface area contributed by atoms with Gasteiger partial charge in [0, 0.05) is 37.2 Å². The van der Waals surface area contributed by atoms with E-state index in [1.54, 1.807) is 11.7 Å². The fourth-order valence-electron chi connectivity index (χ4n) is 2.14. The first-order chi connectivity index (χ1) is 12.0. The number of halogens is 1. The van der Waals surface area contributed by atoms with Crippen LogP contribution in [0.1, 0.15) is 17.8 Å². The zero-order valence-electron chi connectivity index (χ0n) is 14.5. The number of guanidine groups is 1. The van der Waals surface area contributed by atoms with Gasteiger partial charge in [-0.15, -0.1) is 0 Å². The molecular weight excluding hydrogens is 386 g/mol. The summed E-state index contributed by atoms with van der Waals surface area (Å²) in [6.07, 6.45) is 1.84. The molecule has 0 unspecified atom stereocenters. The lowest BCUT2D eigenvalue weighted by atomic mass is 10.2. The number of carbonyl (C=O) groups is 1. The fourth-order valence-corrected chi connectivity index (χ4v) is 2.61. The van der Waals surface area contributed by atoms with Gasteiger partial charge in [-0.2, -0.15) is 5.10 Å². The van der Waals surface area contributed by atoms with Crippen molar-refractivity contribution in [2.24, 2.45) is 12.0 Å². The number of anilines is 1. The fraction of sp³-hybridized carbons (Fsp3) is 0.375. The van der Waals surface area contributed by atoms with Crippen LogP contribution in [0.4, 0.5) is 5.69 Å². The van der Waals surface area contributed by atoms with E-state index < -0.39 is 0 Å². The zero-order valence-corrected chi connectivity index (χ0v) is 16.1. The van der Waals surface area contributed by atoms with Gasteiger partial charge in [-0.05, 0) is 30.7 Å². The summed E-state index contributed by atoms with van der Waals surface area (Å²) >= 11 is 3.41. The van der Waals surface area contributed by atoms with Crippen LogP contribution < -0.4 is 16.0 Å². The third kappa shape index (κ3) is 5.86. The second kappa shape index (κ2) is 9.16. The minimum Gasteiger partial charge on any atom is -0.356 e. The smallest absolute Gasteiger partial charge is 0.226 e. The van der Waals surface area contributed by atoms with E-state index in [0.29, 0.717) is 25.5 Å². The number of amides is 1. The highest BCUT2D eigenvalue weighted by molar-refractivity contribution is 9.10. The molecule has 1 aromatic carbocycles. The summed E-state index contributed by atoms with van der Waals surface area (Å²) in [4.78, 5) is 20.3. The normalized spacial score (nSPS) is 11.3. The van der Waals surface area contributed by atoms with Crippen LogP contribution in [0.25, 0.3) is 0 Å². The summed E-state index contributed by atoms with van der Waals surface area (Å²) in [6.45, 7) is 2.93. The van der Waals surface area contributed by atoms with E-state index in [1.165, 1.54) is 6.33 Å². The van der Waals surface area contributed by atoms with Crippen LogP contribution in [0.15, 0.2) is 34.0 Å². The lowest BCUT2D eigenvalue weighted by Gasteiger charge is -2.12. The molecule has 0 aliphatic rings. The van der Waals surface area contributed by atoms with Gasteiger partial charge in [0.25, 0.3) is 0 Å². The highest BCUT2D eigenvalue weighted by atomic mass is 79.9. The molecule has 3 N–H and O–H groups in total. The quantitative estimate of drug-likeness (QED) is 0.498. The van der Waals surface area contributed by atoms with Crippen LogP contribution in [0, 0.1) is 6.92 Å². The minimum atomic E-state index is -0.0540. The van der Waals surface area contributed by atoms with Gasteiger partial charge in [-0.3, -0.25) is 14.5 Å². The number of rotatable bonds is 6. The lowest BCUT2D eigenvalue weighted by molar-refractivity contribution is -0.116. The van der Waals surface area contributed by atoms with Crippen molar-refractivity contribution in [2.75, 3.05) is 18.9 Å². The lowest BCUT2D eigenvalue weighted by Crippen LogP contribution is -2.38. The molecule has 25 heavy (non-hydrogen) atoms. The molecule has 134 valence electrons. The van der Waals surface area contributed by atoms with Crippen molar-refractivity contribution in [3.63, 3.8) is 0 Å². The van der Waals surface area contributed by atoms with Crippen LogP contribution in [-0.4, -0.2) is 40.2 Å². The SMILES string of the molecule is CN=C(NCCC(=O)Nc1ccc(Br)cc1C)NCc1ncnn1C. The van der Waals surface area contributed by atoms with Crippen molar-refractivity contribution < 1.29 is 4.79 Å². The summed E-state index contributed by atoms with van der Waals surface area (Å²) in [7, 11) is 3.51. The van der Waals surface area contributed by atoms with Gasteiger partial charge in [-0.1, -0.05) is 15.9 Å². The average Bonchev–Trinajstić information content (AvgIpc) is 2.98. The van der Waals surface area contributed by atoms with Gasteiger partial charge in [0.2, 0.25) is 5.91 Å². The summed E-state index contributed by atoms with van der Waals surface area (Å²) in [5.41, 5.74) is 1.83. The number of carbonyl (C=O) groups excluding carboxylic acids is 1. The van der Waals surface area contributed by atoms with E-state index in [-0.39, 0.29) is 5.91 Å². The molecule has 2 rings (SSSR count). The molecule has 8 nitrogen and oxygen atoms in total. The molecule has 0 saturated heterocycles. The molecule has 0 atom stereocenters. The summed E-state index contributed by atoms with van der Waals surface area (Å²) in [6, 6.07) is 5.75. The number of nitrogens with zero attached hydrogens (tertiary/aromatic N) is 4. The number of aryl methyl sites for hydroxylation is 2. The third-order valence-corrected chi connectivity index (χ3v) is 4.04. The molecule has 2 aromatic rings. The molecule has 0 spiro atoms. The highest BCUT2D eigenvalue weighted by Gasteiger charge is 2.07. The maximum atomic E-state index is 12.1. The monoisotopic (exact) mass is 407 g/mol. The molecular formula is C16H22BrN7O. The van der Waals surface area contributed by atoms with Crippen LogP contribution in [-0.2, 0) is 18.4 Å². The van der Waals surface area contributed by atoms with Gasteiger partial charge in [0.1, 0.15) is 12.2 Å². The van der Waals surface area contributed by atoms with Crippen LogP contribution in [0.3, 0.4) is 0 Å². The van der Waals surface area contributed by atoms with Gasteiger partial charge in [0.05, 0.1) is 6.54 Å². The summed E-state index contributed by atoms with van der Waals surface area (Å²) in [5.74, 6) is 1.35. The Labute approximate surface area is 155 Å². The first-order valence-electron chi connectivity index (χ1n) is 7.83. The molecule has 0 aliphatic heterocycles. The number of aliphatic imine (C=N–C) groups is 1. The van der Waals surface area contributed by atoms with Crippen LogP contribution in [0.2, 0.25) is 0 Å². The van der Waals surface area contributed by atoms with E-state index in [0.717, 1.165) is 21.5 Å². The predicted octanol–water partition coefficient (Wildman–Crippen LogP) is 1.58. The Balaban J connectivity index is 1.74. The number of hydrogen-bond acceptors (Lipinski definition) is 4. The van der Waals surface area contributed by atoms with Gasteiger partial charge in [-0.25, -0.2) is 4.98 Å². The predicted molar refractivity (Wildman–Crippen MR) is 101 cm³/mol. The second-order valence-electron chi connectivity index (χ2n) is 5.41. The largest absolute Gasteiger partial charge is 0.356 e. The van der Waals surface area contributed by atoms with E-state index in [1.807, 2.05) is 32.2 Å². The van der Waals surface area contributed by atoms with E-state index in [9.17, 15) is 4.79 Å². The van der Waals surface area contributed by atoms with Gasteiger partial charge >= 0.3 is 0 Å². The topological polar surface area (TPSA) is 96.2 Å². The Hall–Kier alpha value is -2.42. The highest BCUT2D eigenvalue weighted by Crippen LogP contribution is 2.19. The van der Waals surface area contributed by atoms with Gasteiger partial charge < -0.3 is 16.0 Å². The first-order valence-corrected chi connectivity index (χ1v) is 8.62. The molecule has 0 aliphatic carbocycles. The summed E-state index contributed by atoms with van der Waals surface area (Å²) in [5, 5.41) is 13.2. The van der Waals surface area contributed by atoms with Crippen molar-refractivity contribution in [1.29, 1.82) is 0 Å². The van der Waals surface area contributed by atoms with E-state index in [4.69, 9.17) is 0 Å². The maximum absolute atomic E-state index is 12.1. The van der Waals surface area contributed by atoms with Crippen molar-refractivity contribution in [3.8, 4) is 0 Å². The molecule has 0 radical (unpaired) electrons. The van der Waals surface area contributed by atoms with E-state index >= 15 is 0 Å². The molecule has 1 heterocycles. The number of aromatic nitrogens is 3. The Morgan fingerprint density at radius 1 is 1.36 bits per heavy atom. The van der Waals surface area contributed by atoms with E-state index in [2.05, 4.69) is 47.0 Å². The third-order valence-electron chi connectivity index (χ3n) is 3.55. The maximum Gasteiger partial charge on any atom is 0.226 e. The van der Waals surface area contributed by atoms with Crippen LogP contribution >= 0.6 is 15.9 Å². The number of hydrogen-bond donors (Lipinski definition) is 3. The second-order valence-corrected chi connectivity index (χ2v) is 6.33. The Bertz CT molecular complexity index is 757. The standard InChI is InChI=1S/C16H22BrN7O/c1-11-8-12(17)4-5-13(11)23-15(25)6-7-19-16(18-2)20-9-14-21-10-22-24(14)3/h4-5,8,10H,6-7,9H2,1-3H3,(H,23,25)(H2,18,19,20). The van der Waals surface area contributed by atoms with Crippen molar-refractivity contribution >= 4 is 33.5 Å². The van der Waals surface area contributed by atoms with Crippen LogP contribution in [0.5, 0.6) is 0 Å². The van der Waals surface area contributed by atoms with Crippen molar-refractivity contribution in [1.82, 2.24) is 25.4 Å². The number of nitrogens with one attached hydrogen (secondary N) is 3. The average molecular weight is 408 g/mol. The Morgan fingerprint density at radius 2 is 2.16 bits per heavy atom. The van der Waals surface area contributed by atoms with Crippen molar-refractivity contribution in [2.45, 2.75) is 19.9 Å². The van der Waals surface area contributed by atoms with Crippen molar-refractivity contribution in [3.05, 3.63) is 40.4 Å². The molecule has 0 bridgehead atoms. The molecule has 1 aromatic heterocycles. The first kappa shape index (κ1) is 18.9. The zero-order chi connectivity index (χ0) is 18.2. The minimum absolute atomic E-state index is 0.0540. The summed E-state index contributed by atoms with van der Waals surface area (Å²) < 4.78 is 2.68. The Morgan fingerprint density at radius 3 is 2.80 bits per heavy atom. The number of benzene rings is 1. The molecule has 0 fully saturated rings. The van der Waals surface area contributed by atoms with Gasteiger partial charge in [0.15, 0.2) is 5.96 Å². The molecule has 1 amide bonds.